The highest BCUT2D eigenvalue weighted by molar-refractivity contribution is 5.70. The summed E-state index contributed by atoms with van der Waals surface area (Å²) in [5.41, 5.74) is 2.82. The van der Waals surface area contributed by atoms with Crippen molar-refractivity contribution in [3.63, 3.8) is 0 Å². The summed E-state index contributed by atoms with van der Waals surface area (Å²) in [7, 11) is 0. The van der Waals surface area contributed by atoms with Gasteiger partial charge in [-0.3, -0.25) is 9.97 Å². The second-order valence-corrected chi connectivity index (χ2v) is 2.49. The van der Waals surface area contributed by atoms with E-state index in [1.165, 1.54) is 0 Å². The highest BCUT2D eigenvalue weighted by Gasteiger charge is 1.96. The molecule has 0 aromatic carbocycles. The molecule has 2 nitrogen and oxygen atoms in total. The van der Waals surface area contributed by atoms with E-state index in [1.807, 2.05) is 19.9 Å². The summed E-state index contributed by atoms with van der Waals surface area (Å²) in [6.07, 6.45) is 7.25. The third-order valence-corrected chi connectivity index (χ3v) is 1.61. The van der Waals surface area contributed by atoms with Gasteiger partial charge in [-0.05, 0) is 19.4 Å². The Morgan fingerprint density at radius 3 is 2.29 bits per heavy atom. The van der Waals surface area contributed by atoms with Crippen molar-refractivity contribution >= 4 is 5.57 Å². The smallest absolute Gasteiger partial charge is 0.0881 e. The van der Waals surface area contributed by atoms with Crippen molar-refractivity contribution in [2.45, 2.75) is 13.8 Å². The molecule has 0 N–H and O–H groups in total. The Bertz CT molecular complexity index is 310. The molecule has 0 spiro atoms. The van der Waals surface area contributed by atoms with Crippen molar-refractivity contribution < 1.29 is 0 Å². The molecule has 0 unspecified atom stereocenters. The van der Waals surface area contributed by atoms with Crippen LogP contribution in [0.3, 0.4) is 0 Å². The summed E-state index contributed by atoms with van der Waals surface area (Å²) in [5, 5.41) is 0. The molecule has 0 aliphatic rings. The molecular formula is C12H16N2. The quantitative estimate of drug-likeness (QED) is 0.526. The molecule has 0 bridgehead atoms. The molecule has 1 aromatic heterocycles. The van der Waals surface area contributed by atoms with Crippen molar-refractivity contribution in [3.8, 4) is 0 Å². The second kappa shape index (κ2) is 6.78. The van der Waals surface area contributed by atoms with E-state index in [-0.39, 0.29) is 0 Å². The molecule has 0 radical (unpaired) electrons. The van der Waals surface area contributed by atoms with Crippen molar-refractivity contribution in [1.82, 2.24) is 9.97 Å². The minimum atomic E-state index is 0.873. The summed E-state index contributed by atoms with van der Waals surface area (Å²) in [5.74, 6) is 0. The number of allylic oxidation sites excluding steroid dienone is 3. The summed E-state index contributed by atoms with van der Waals surface area (Å²) in [6, 6.07) is 0. The van der Waals surface area contributed by atoms with E-state index >= 15 is 0 Å². The zero-order chi connectivity index (χ0) is 11.0. The predicted molar refractivity (Wildman–Crippen MR) is 61.9 cm³/mol. The van der Waals surface area contributed by atoms with Gasteiger partial charge < -0.3 is 0 Å². The molecule has 0 aliphatic heterocycles. The van der Waals surface area contributed by atoms with Crippen molar-refractivity contribution in [3.05, 3.63) is 55.7 Å². The largest absolute Gasteiger partial charge is 0.258 e. The van der Waals surface area contributed by atoms with Gasteiger partial charge in [0.2, 0.25) is 0 Å². The van der Waals surface area contributed by atoms with E-state index in [4.69, 9.17) is 0 Å². The maximum absolute atomic E-state index is 4.22. The minimum absolute atomic E-state index is 0.873. The molecule has 2 heteroatoms. The Kier molecular flexibility index (Phi) is 5.95. The van der Waals surface area contributed by atoms with Crippen LogP contribution in [-0.4, -0.2) is 9.97 Å². The Morgan fingerprint density at radius 2 is 1.93 bits per heavy atom. The second-order valence-electron chi connectivity index (χ2n) is 2.49. The Morgan fingerprint density at radius 1 is 1.29 bits per heavy atom. The third kappa shape index (κ3) is 3.35. The van der Waals surface area contributed by atoms with Crippen LogP contribution in [0.2, 0.25) is 0 Å². The van der Waals surface area contributed by atoms with E-state index in [1.54, 1.807) is 18.5 Å². The van der Waals surface area contributed by atoms with Gasteiger partial charge in [0.05, 0.1) is 17.6 Å². The zero-order valence-corrected chi connectivity index (χ0v) is 8.83. The molecule has 0 saturated carbocycles. The summed E-state index contributed by atoms with van der Waals surface area (Å²) >= 11 is 0. The molecule has 1 rings (SSSR count). The van der Waals surface area contributed by atoms with Crippen molar-refractivity contribution in [2.75, 3.05) is 0 Å². The first kappa shape index (κ1) is 12.3. The normalized spacial score (nSPS) is 10.0. The van der Waals surface area contributed by atoms with E-state index in [0.29, 0.717) is 0 Å². The van der Waals surface area contributed by atoms with Gasteiger partial charge >= 0.3 is 0 Å². The van der Waals surface area contributed by atoms with E-state index in [2.05, 4.69) is 29.7 Å². The highest BCUT2D eigenvalue weighted by Crippen LogP contribution is 2.10. The van der Waals surface area contributed by atoms with Gasteiger partial charge in [0.25, 0.3) is 0 Å². The van der Waals surface area contributed by atoms with Gasteiger partial charge in [-0.2, -0.15) is 0 Å². The number of rotatable bonds is 2. The van der Waals surface area contributed by atoms with Crippen molar-refractivity contribution in [1.29, 1.82) is 0 Å². The topological polar surface area (TPSA) is 25.8 Å². The monoisotopic (exact) mass is 188 g/mol. The lowest BCUT2D eigenvalue weighted by molar-refractivity contribution is 1.10. The molecular weight excluding hydrogens is 172 g/mol. The predicted octanol–water partition coefficient (Wildman–Crippen LogP) is 3.18. The van der Waals surface area contributed by atoms with Gasteiger partial charge in [-0.15, -0.1) is 13.2 Å². The van der Waals surface area contributed by atoms with Crippen molar-refractivity contribution in [2.24, 2.45) is 0 Å². The Balaban J connectivity index is 0.000000791. The first-order valence-corrected chi connectivity index (χ1v) is 4.35. The third-order valence-electron chi connectivity index (χ3n) is 1.61. The van der Waals surface area contributed by atoms with E-state index in [0.717, 1.165) is 17.0 Å². The maximum atomic E-state index is 4.22. The first-order chi connectivity index (χ1) is 6.77. The lowest BCUT2D eigenvalue weighted by Gasteiger charge is -1.99. The fourth-order valence-electron chi connectivity index (χ4n) is 0.912. The van der Waals surface area contributed by atoms with Crippen LogP contribution in [0.4, 0.5) is 0 Å². The van der Waals surface area contributed by atoms with Crippen LogP contribution < -0.4 is 0 Å². The lowest BCUT2D eigenvalue weighted by Crippen LogP contribution is -1.89. The van der Waals surface area contributed by atoms with Crippen LogP contribution in [-0.2, 0) is 0 Å². The number of nitrogens with zero attached hydrogens (tertiary/aromatic N) is 2. The van der Waals surface area contributed by atoms with Gasteiger partial charge in [0.15, 0.2) is 0 Å². The molecule has 1 aromatic rings. The lowest BCUT2D eigenvalue weighted by atomic mass is 10.2. The molecule has 0 saturated heterocycles. The van der Waals surface area contributed by atoms with Crippen LogP contribution in [0.15, 0.2) is 44.3 Å². The molecule has 1 heterocycles. The Hall–Kier alpha value is -1.70. The molecule has 0 fully saturated rings. The van der Waals surface area contributed by atoms with E-state index in [9.17, 15) is 0 Å². The SMILES string of the molecule is C=C.C=C/C(=C\C)c1cnc(C)cn1. The molecule has 74 valence electrons. The first-order valence-electron chi connectivity index (χ1n) is 4.35. The van der Waals surface area contributed by atoms with E-state index < -0.39 is 0 Å². The number of aryl methyl sites for hydroxylation is 1. The number of hydrogen-bond acceptors (Lipinski definition) is 2. The fourth-order valence-corrected chi connectivity index (χ4v) is 0.912. The highest BCUT2D eigenvalue weighted by atomic mass is 14.8. The molecule has 0 atom stereocenters. The Labute approximate surface area is 85.7 Å². The molecule has 0 amide bonds. The number of aromatic nitrogens is 2. The molecule has 0 aliphatic carbocycles. The van der Waals surface area contributed by atoms with Gasteiger partial charge in [-0.25, -0.2) is 0 Å². The van der Waals surface area contributed by atoms with Gasteiger partial charge in [-0.1, -0.05) is 18.7 Å². The zero-order valence-electron chi connectivity index (χ0n) is 8.83. The van der Waals surface area contributed by atoms with Crippen LogP contribution in [0.1, 0.15) is 18.3 Å². The maximum Gasteiger partial charge on any atom is 0.0881 e. The average molecular weight is 188 g/mol. The minimum Gasteiger partial charge on any atom is -0.258 e. The van der Waals surface area contributed by atoms with Crippen LogP contribution in [0.5, 0.6) is 0 Å². The standard InChI is InChI=1S/C10H12N2.C2H4/c1-4-9(5-2)10-7-11-8(3)6-12-10;1-2/h4-7H,1H2,2-3H3;1-2H2/b9-5+;. The molecule has 14 heavy (non-hydrogen) atoms. The average Bonchev–Trinajstić information content (AvgIpc) is 2.25. The summed E-state index contributed by atoms with van der Waals surface area (Å²) in [4.78, 5) is 8.36. The van der Waals surface area contributed by atoms with Crippen LogP contribution in [0, 0.1) is 6.92 Å². The summed E-state index contributed by atoms with van der Waals surface area (Å²) in [6.45, 7) is 13.6. The summed E-state index contributed by atoms with van der Waals surface area (Å²) < 4.78 is 0. The van der Waals surface area contributed by atoms with Crippen LogP contribution >= 0.6 is 0 Å². The van der Waals surface area contributed by atoms with Gasteiger partial charge in [0.1, 0.15) is 0 Å². The van der Waals surface area contributed by atoms with Gasteiger partial charge in [0, 0.05) is 6.20 Å². The van der Waals surface area contributed by atoms with Crippen LogP contribution in [0.25, 0.3) is 5.57 Å². The number of hydrogen-bond donors (Lipinski definition) is 0. The fraction of sp³-hybridized carbons (Fsp3) is 0.167.